The average molecular weight is 521 g/mol. The molecule has 4 rings (SSSR count). The van der Waals surface area contributed by atoms with Crippen molar-refractivity contribution in [1.29, 1.82) is 0 Å². The van der Waals surface area contributed by atoms with Gasteiger partial charge >= 0.3 is 0 Å². The van der Waals surface area contributed by atoms with E-state index in [9.17, 15) is 17.6 Å². The van der Waals surface area contributed by atoms with Gasteiger partial charge in [-0.05, 0) is 52.3 Å². The molecule has 0 saturated carbocycles. The highest BCUT2D eigenvalue weighted by Gasteiger charge is 2.30. The first-order valence-corrected chi connectivity index (χ1v) is 12.2. The fraction of sp³-hybridized carbons (Fsp3) is 0.190. The number of benzene rings is 2. The van der Waals surface area contributed by atoms with Crippen LogP contribution in [0.3, 0.4) is 0 Å². The summed E-state index contributed by atoms with van der Waals surface area (Å²) in [5.41, 5.74) is 0.567. The van der Waals surface area contributed by atoms with Crippen LogP contribution in [0.15, 0.2) is 64.2 Å². The maximum Gasteiger partial charge on any atom is 0.275 e. The number of ether oxygens (including phenoxy) is 1. The Morgan fingerprint density at radius 1 is 1.16 bits per heavy atom. The van der Waals surface area contributed by atoms with E-state index in [0.717, 1.165) is 6.26 Å². The van der Waals surface area contributed by atoms with E-state index in [1.54, 1.807) is 6.07 Å². The van der Waals surface area contributed by atoms with Crippen LogP contribution >= 0.6 is 15.9 Å². The van der Waals surface area contributed by atoms with Crippen molar-refractivity contribution in [3.05, 3.63) is 70.8 Å². The third kappa shape index (κ3) is 5.05. The SMILES string of the molecule is CS(=O)(=O)c1ccc(NC(=O)c2cnc(N3CC(Oc4cc(F)ccc4Br)C3)cn2)cc1. The lowest BCUT2D eigenvalue weighted by molar-refractivity contribution is 0.102. The van der Waals surface area contributed by atoms with Crippen LogP contribution in [0.25, 0.3) is 0 Å². The van der Waals surface area contributed by atoms with Crippen molar-refractivity contribution in [1.82, 2.24) is 9.97 Å². The third-order valence-electron chi connectivity index (χ3n) is 4.77. The van der Waals surface area contributed by atoms with E-state index >= 15 is 0 Å². The molecule has 1 aromatic heterocycles. The maximum absolute atomic E-state index is 13.4. The van der Waals surface area contributed by atoms with Crippen molar-refractivity contribution in [2.24, 2.45) is 0 Å². The van der Waals surface area contributed by atoms with E-state index in [2.05, 4.69) is 31.2 Å². The van der Waals surface area contributed by atoms with Crippen LogP contribution in [0.4, 0.5) is 15.9 Å². The fourth-order valence-electron chi connectivity index (χ4n) is 3.03. The van der Waals surface area contributed by atoms with Crippen LogP contribution in [0.1, 0.15) is 10.5 Å². The maximum atomic E-state index is 13.4. The first-order valence-electron chi connectivity index (χ1n) is 9.49. The molecule has 1 amide bonds. The summed E-state index contributed by atoms with van der Waals surface area (Å²) in [7, 11) is -3.30. The first kappa shape index (κ1) is 22.2. The van der Waals surface area contributed by atoms with Gasteiger partial charge in [-0.3, -0.25) is 4.79 Å². The summed E-state index contributed by atoms with van der Waals surface area (Å²) in [6.07, 6.45) is 3.86. The lowest BCUT2D eigenvalue weighted by Crippen LogP contribution is -2.54. The molecule has 0 spiro atoms. The van der Waals surface area contributed by atoms with Gasteiger partial charge in [0, 0.05) is 18.0 Å². The number of hydrogen-bond donors (Lipinski definition) is 1. The average Bonchev–Trinajstić information content (AvgIpc) is 2.72. The standard InChI is InChI=1S/C21H18BrFN4O4S/c1-32(29,30)16-5-3-14(4-6-16)26-21(28)18-9-25-20(10-24-18)27-11-15(12-27)31-19-8-13(23)2-7-17(19)22/h2-10,15H,11-12H2,1H3,(H,26,28). The molecule has 0 radical (unpaired) electrons. The zero-order chi connectivity index (χ0) is 22.9. The largest absolute Gasteiger partial charge is 0.485 e. The second-order valence-corrected chi connectivity index (χ2v) is 10.1. The molecule has 1 aliphatic rings. The highest BCUT2D eigenvalue weighted by molar-refractivity contribution is 9.10. The van der Waals surface area contributed by atoms with Crippen LogP contribution in [0.2, 0.25) is 0 Å². The Morgan fingerprint density at radius 2 is 1.88 bits per heavy atom. The smallest absolute Gasteiger partial charge is 0.275 e. The molecule has 0 atom stereocenters. The van der Waals surface area contributed by atoms with Gasteiger partial charge in [0.15, 0.2) is 9.84 Å². The molecule has 3 aromatic rings. The molecule has 0 bridgehead atoms. The van der Waals surface area contributed by atoms with Crippen molar-refractivity contribution in [2.45, 2.75) is 11.0 Å². The zero-order valence-corrected chi connectivity index (χ0v) is 19.2. The lowest BCUT2D eigenvalue weighted by atomic mass is 10.1. The second-order valence-electron chi connectivity index (χ2n) is 7.23. The molecule has 2 heterocycles. The molecule has 8 nitrogen and oxygen atoms in total. The van der Waals surface area contributed by atoms with Gasteiger partial charge in [-0.2, -0.15) is 0 Å². The molecule has 1 fully saturated rings. The number of carbonyl (C=O) groups is 1. The molecule has 1 N–H and O–H groups in total. The lowest BCUT2D eigenvalue weighted by Gasteiger charge is -2.39. The van der Waals surface area contributed by atoms with Crippen molar-refractivity contribution in [2.75, 3.05) is 29.6 Å². The number of sulfone groups is 1. The fourth-order valence-corrected chi connectivity index (χ4v) is 4.00. The summed E-state index contributed by atoms with van der Waals surface area (Å²) in [5, 5.41) is 2.65. The summed E-state index contributed by atoms with van der Waals surface area (Å²) in [4.78, 5) is 22.9. The zero-order valence-electron chi connectivity index (χ0n) is 16.8. The van der Waals surface area contributed by atoms with Crippen molar-refractivity contribution < 1.29 is 22.3 Å². The van der Waals surface area contributed by atoms with E-state index in [-0.39, 0.29) is 22.5 Å². The van der Waals surface area contributed by atoms with Crippen molar-refractivity contribution >= 4 is 43.2 Å². The van der Waals surface area contributed by atoms with E-state index in [4.69, 9.17) is 4.74 Å². The summed E-state index contributed by atoms with van der Waals surface area (Å²) in [5.74, 6) is 0.205. The second kappa shape index (κ2) is 8.83. The summed E-state index contributed by atoms with van der Waals surface area (Å²) in [6, 6.07) is 10.1. The van der Waals surface area contributed by atoms with Crippen LogP contribution in [0.5, 0.6) is 5.75 Å². The minimum Gasteiger partial charge on any atom is -0.485 e. The molecule has 1 saturated heterocycles. The number of nitrogens with zero attached hydrogens (tertiary/aromatic N) is 3. The van der Waals surface area contributed by atoms with E-state index in [1.807, 2.05) is 4.90 Å². The van der Waals surface area contributed by atoms with Gasteiger partial charge in [0.1, 0.15) is 29.2 Å². The highest BCUT2D eigenvalue weighted by atomic mass is 79.9. The molecule has 2 aromatic carbocycles. The van der Waals surface area contributed by atoms with Crippen LogP contribution < -0.4 is 15.0 Å². The van der Waals surface area contributed by atoms with E-state index in [1.165, 1.54) is 48.8 Å². The summed E-state index contributed by atoms with van der Waals surface area (Å²) < 4.78 is 42.9. The Hall–Kier alpha value is -3.05. The van der Waals surface area contributed by atoms with Crippen LogP contribution in [-0.2, 0) is 9.84 Å². The monoisotopic (exact) mass is 520 g/mol. The topological polar surface area (TPSA) is 101 Å². The normalized spacial score (nSPS) is 14.0. The number of anilines is 2. The van der Waals surface area contributed by atoms with Gasteiger partial charge < -0.3 is 15.0 Å². The molecule has 32 heavy (non-hydrogen) atoms. The van der Waals surface area contributed by atoms with Gasteiger partial charge in [0.25, 0.3) is 5.91 Å². The Balaban J connectivity index is 1.32. The molecule has 166 valence electrons. The number of carbonyl (C=O) groups excluding carboxylic acids is 1. The Morgan fingerprint density at radius 3 is 2.50 bits per heavy atom. The molecule has 1 aliphatic heterocycles. The van der Waals surface area contributed by atoms with Crippen LogP contribution in [-0.4, -0.2) is 49.7 Å². The minimum absolute atomic E-state index is 0.118. The van der Waals surface area contributed by atoms with Crippen LogP contribution in [0, 0.1) is 5.82 Å². The van der Waals surface area contributed by atoms with Gasteiger partial charge in [0.2, 0.25) is 0 Å². The predicted octanol–water partition coefficient (Wildman–Crippen LogP) is 3.30. The van der Waals surface area contributed by atoms with Gasteiger partial charge in [-0.15, -0.1) is 0 Å². The molecule has 0 unspecified atom stereocenters. The Labute approximate surface area is 192 Å². The first-order chi connectivity index (χ1) is 15.2. The van der Waals surface area contributed by atoms with Gasteiger partial charge in [0.05, 0.1) is 34.9 Å². The quantitative estimate of drug-likeness (QED) is 0.531. The minimum atomic E-state index is -3.30. The predicted molar refractivity (Wildman–Crippen MR) is 120 cm³/mol. The number of halogens is 2. The third-order valence-corrected chi connectivity index (χ3v) is 6.55. The van der Waals surface area contributed by atoms with E-state index in [0.29, 0.717) is 34.8 Å². The number of amides is 1. The Bertz CT molecular complexity index is 1250. The van der Waals surface area contributed by atoms with Crippen molar-refractivity contribution in [3.8, 4) is 5.75 Å². The highest BCUT2D eigenvalue weighted by Crippen LogP contribution is 2.29. The number of hydrogen-bond acceptors (Lipinski definition) is 7. The number of aromatic nitrogens is 2. The van der Waals surface area contributed by atoms with Gasteiger partial charge in [-0.1, -0.05) is 0 Å². The molecular weight excluding hydrogens is 503 g/mol. The van der Waals surface area contributed by atoms with Crippen molar-refractivity contribution in [3.63, 3.8) is 0 Å². The summed E-state index contributed by atoms with van der Waals surface area (Å²) >= 11 is 3.34. The van der Waals surface area contributed by atoms with Gasteiger partial charge in [-0.25, -0.2) is 22.8 Å². The number of nitrogens with one attached hydrogen (secondary N) is 1. The molecule has 11 heteroatoms. The number of rotatable bonds is 6. The summed E-state index contributed by atoms with van der Waals surface area (Å²) in [6.45, 7) is 1.10. The van der Waals surface area contributed by atoms with E-state index < -0.39 is 15.7 Å². The molecule has 0 aliphatic carbocycles. The molecular formula is C21H18BrFN4O4S. The Kier molecular flexibility index (Phi) is 6.11.